The maximum Gasteiger partial charge on any atom is 0.0412 e. The van der Waals surface area contributed by atoms with E-state index in [2.05, 4.69) is 22.5 Å². The summed E-state index contributed by atoms with van der Waals surface area (Å²) in [5.74, 6) is 0. The predicted octanol–water partition coefficient (Wildman–Crippen LogP) is 4.14. The van der Waals surface area contributed by atoms with Gasteiger partial charge in [0, 0.05) is 9.50 Å². The summed E-state index contributed by atoms with van der Waals surface area (Å²) in [6.07, 6.45) is 0. The van der Waals surface area contributed by atoms with Gasteiger partial charge in [-0.1, -0.05) is 34.1 Å². The Hall–Kier alpha value is -0.270. The highest BCUT2D eigenvalue weighted by Crippen LogP contribution is 2.25. The van der Waals surface area contributed by atoms with Crippen LogP contribution in [0.25, 0.3) is 5.57 Å². The lowest BCUT2D eigenvalue weighted by Gasteiger charge is -2.02. The molecule has 0 aliphatic carbocycles. The monoisotopic (exact) mass is 230 g/mol. The summed E-state index contributed by atoms with van der Waals surface area (Å²) in [6, 6.07) is 5.67. The van der Waals surface area contributed by atoms with E-state index in [1.165, 1.54) is 0 Å². The number of allylic oxidation sites excluding steroid dienone is 1. The fourth-order valence-corrected chi connectivity index (χ4v) is 1.58. The minimum absolute atomic E-state index is 0.742. The normalized spacial score (nSPS) is 9.73. The zero-order valence-corrected chi connectivity index (χ0v) is 8.54. The molecule has 0 saturated heterocycles. The molecule has 0 nitrogen and oxygen atoms in total. The molecule has 0 fully saturated rings. The van der Waals surface area contributed by atoms with Crippen LogP contribution in [0.4, 0.5) is 0 Å². The van der Waals surface area contributed by atoms with Crippen LogP contribution < -0.4 is 0 Å². The van der Waals surface area contributed by atoms with E-state index in [1.54, 1.807) is 0 Å². The van der Waals surface area contributed by atoms with Crippen molar-refractivity contribution >= 4 is 33.1 Å². The zero-order chi connectivity index (χ0) is 8.43. The van der Waals surface area contributed by atoms with Crippen molar-refractivity contribution < 1.29 is 0 Å². The fourth-order valence-electron chi connectivity index (χ4n) is 0.825. The molecule has 0 atom stereocenters. The van der Waals surface area contributed by atoms with E-state index >= 15 is 0 Å². The van der Waals surface area contributed by atoms with Gasteiger partial charge in [0.15, 0.2) is 0 Å². The lowest BCUT2D eigenvalue weighted by molar-refractivity contribution is 1.54. The average Bonchev–Trinajstić information content (AvgIpc) is 1.94. The topological polar surface area (TPSA) is 0 Å². The maximum absolute atomic E-state index is 5.80. The Morgan fingerprint density at radius 3 is 2.64 bits per heavy atom. The van der Waals surface area contributed by atoms with Gasteiger partial charge in [-0.3, -0.25) is 0 Å². The van der Waals surface area contributed by atoms with Crippen LogP contribution >= 0.6 is 27.5 Å². The molecule has 1 aromatic rings. The molecule has 58 valence electrons. The summed E-state index contributed by atoms with van der Waals surface area (Å²) in [4.78, 5) is 0. The molecule has 1 aromatic carbocycles. The van der Waals surface area contributed by atoms with Crippen molar-refractivity contribution in [2.45, 2.75) is 6.92 Å². The summed E-state index contributed by atoms with van der Waals surface area (Å²) in [6.45, 7) is 5.79. The van der Waals surface area contributed by atoms with Gasteiger partial charge in [-0.2, -0.15) is 0 Å². The van der Waals surface area contributed by atoms with E-state index < -0.39 is 0 Å². The molecule has 11 heavy (non-hydrogen) atoms. The molecule has 2 heteroatoms. The molecule has 0 bridgehead atoms. The third-order valence-electron chi connectivity index (χ3n) is 1.39. The van der Waals surface area contributed by atoms with E-state index in [0.717, 1.165) is 20.6 Å². The maximum atomic E-state index is 5.80. The standard InChI is InChI=1S/C9H8BrCl/c1-6(2)8-5-7(11)3-4-9(8)10/h3-5H,1H2,2H3. The molecule has 0 saturated carbocycles. The molecule has 0 unspecified atom stereocenters. The quantitative estimate of drug-likeness (QED) is 0.681. The fraction of sp³-hybridized carbons (Fsp3) is 0.111. The Kier molecular flexibility index (Phi) is 2.74. The van der Waals surface area contributed by atoms with Crippen molar-refractivity contribution in [3.63, 3.8) is 0 Å². The number of rotatable bonds is 1. The van der Waals surface area contributed by atoms with Crippen LogP contribution in [-0.2, 0) is 0 Å². The Bertz CT molecular complexity index is 292. The summed E-state index contributed by atoms with van der Waals surface area (Å²) in [5, 5.41) is 0.742. The van der Waals surface area contributed by atoms with Gasteiger partial charge >= 0.3 is 0 Å². The second-order valence-corrected chi connectivity index (χ2v) is 3.70. The minimum Gasteiger partial charge on any atom is -0.0955 e. The van der Waals surface area contributed by atoms with Crippen LogP contribution in [0.5, 0.6) is 0 Å². The van der Waals surface area contributed by atoms with Crippen molar-refractivity contribution in [2.24, 2.45) is 0 Å². The highest BCUT2D eigenvalue weighted by atomic mass is 79.9. The van der Waals surface area contributed by atoms with Crippen molar-refractivity contribution in [1.29, 1.82) is 0 Å². The third-order valence-corrected chi connectivity index (χ3v) is 2.31. The Balaban J connectivity index is 3.23. The van der Waals surface area contributed by atoms with E-state index in [-0.39, 0.29) is 0 Å². The molecule has 0 radical (unpaired) electrons. The van der Waals surface area contributed by atoms with Gasteiger partial charge in [-0.15, -0.1) is 0 Å². The smallest absolute Gasteiger partial charge is 0.0412 e. The first-order valence-corrected chi connectivity index (χ1v) is 4.39. The van der Waals surface area contributed by atoms with Crippen molar-refractivity contribution in [2.75, 3.05) is 0 Å². The first-order chi connectivity index (χ1) is 5.11. The van der Waals surface area contributed by atoms with Crippen molar-refractivity contribution in [3.05, 3.63) is 39.8 Å². The highest BCUT2D eigenvalue weighted by molar-refractivity contribution is 9.10. The van der Waals surface area contributed by atoms with Gasteiger partial charge in [0.25, 0.3) is 0 Å². The largest absolute Gasteiger partial charge is 0.0955 e. The zero-order valence-electron chi connectivity index (χ0n) is 6.20. The van der Waals surface area contributed by atoms with Crippen LogP contribution in [0, 0.1) is 0 Å². The number of benzene rings is 1. The first-order valence-electron chi connectivity index (χ1n) is 3.22. The molecular formula is C9H8BrCl. The van der Waals surface area contributed by atoms with Gasteiger partial charge in [0.1, 0.15) is 0 Å². The van der Waals surface area contributed by atoms with Crippen LogP contribution in [0.15, 0.2) is 29.3 Å². The molecule has 0 aliphatic rings. The third kappa shape index (κ3) is 2.08. The van der Waals surface area contributed by atoms with Crippen molar-refractivity contribution in [1.82, 2.24) is 0 Å². The average molecular weight is 232 g/mol. The van der Waals surface area contributed by atoms with E-state index in [4.69, 9.17) is 11.6 Å². The van der Waals surface area contributed by atoms with Gasteiger partial charge < -0.3 is 0 Å². The second kappa shape index (κ2) is 3.42. The van der Waals surface area contributed by atoms with Crippen LogP contribution in [0.1, 0.15) is 12.5 Å². The molecule has 0 heterocycles. The summed E-state index contributed by atoms with van der Waals surface area (Å²) >= 11 is 9.21. The second-order valence-electron chi connectivity index (χ2n) is 2.40. The molecule has 0 spiro atoms. The van der Waals surface area contributed by atoms with E-state index in [1.807, 2.05) is 25.1 Å². The van der Waals surface area contributed by atoms with Crippen LogP contribution in [0.2, 0.25) is 5.02 Å². The SMILES string of the molecule is C=C(C)c1cc(Cl)ccc1Br. The lowest BCUT2D eigenvalue weighted by Crippen LogP contribution is -1.79. The van der Waals surface area contributed by atoms with Gasteiger partial charge in [-0.05, 0) is 36.3 Å². The molecule has 0 aromatic heterocycles. The van der Waals surface area contributed by atoms with Crippen LogP contribution in [0.3, 0.4) is 0 Å². The lowest BCUT2D eigenvalue weighted by atomic mass is 10.1. The number of halogens is 2. The predicted molar refractivity (Wildman–Crippen MR) is 53.9 cm³/mol. The Labute approximate surface area is 80.0 Å². The highest BCUT2D eigenvalue weighted by Gasteiger charge is 1.99. The Morgan fingerprint density at radius 1 is 1.55 bits per heavy atom. The summed E-state index contributed by atoms with van der Waals surface area (Å²) in [7, 11) is 0. The van der Waals surface area contributed by atoms with Crippen molar-refractivity contribution in [3.8, 4) is 0 Å². The van der Waals surface area contributed by atoms with Gasteiger partial charge in [0.2, 0.25) is 0 Å². The van der Waals surface area contributed by atoms with Crippen LogP contribution in [-0.4, -0.2) is 0 Å². The molecule has 0 N–H and O–H groups in total. The summed E-state index contributed by atoms with van der Waals surface area (Å²) in [5.41, 5.74) is 2.08. The number of hydrogen-bond donors (Lipinski definition) is 0. The number of hydrogen-bond acceptors (Lipinski definition) is 0. The molecular weight excluding hydrogens is 223 g/mol. The van der Waals surface area contributed by atoms with Gasteiger partial charge in [0.05, 0.1) is 0 Å². The molecule has 0 amide bonds. The van der Waals surface area contributed by atoms with E-state index in [9.17, 15) is 0 Å². The summed E-state index contributed by atoms with van der Waals surface area (Å²) < 4.78 is 1.04. The Morgan fingerprint density at radius 2 is 2.18 bits per heavy atom. The van der Waals surface area contributed by atoms with Gasteiger partial charge in [-0.25, -0.2) is 0 Å². The first kappa shape index (κ1) is 8.82. The van der Waals surface area contributed by atoms with E-state index in [0.29, 0.717) is 0 Å². The molecule has 1 rings (SSSR count). The molecule has 0 aliphatic heterocycles. The minimum atomic E-state index is 0.742.